The highest BCUT2D eigenvalue weighted by atomic mass is 15.2. The molecule has 0 saturated heterocycles. The van der Waals surface area contributed by atoms with E-state index in [0.717, 1.165) is 18.8 Å². The summed E-state index contributed by atoms with van der Waals surface area (Å²) in [6.07, 6.45) is 5.48. The average molecular weight is 194 g/mol. The molecule has 0 radical (unpaired) electrons. The van der Waals surface area contributed by atoms with Crippen LogP contribution in [0.15, 0.2) is 12.4 Å². The maximum atomic E-state index is 5.52. The van der Waals surface area contributed by atoms with Gasteiger partial charge >= 0.3 is 0 Å². The summed E-state index contributed by atoms with van der Waals surface area (Å²) in [4.78, 5) is 10.5. The van der Waals surface area contributed by atoms with Crippen molar-refractivity contribution >= 4 is 11.6 Å². The van der Waals surface area contributed by atoms with Gasteiger partial charge in [-0.05, 0) is 12.8 Å². The van der Waals surface area contributed by atoms with E-state index in [0.29, 0.717) is 11.7 Å². The second kappa shape index (κ2) is 4.79. The molecule has 78 valence electrons. The number of hydrogen-bond donors (Lipinski definition) is 1. The maximum absolute atomic E-state index is 5.52. The second-order valence-electron chi connectivity index (χ2n) is 3.40. The van der Waals surface area contributed by atoms with Crippen molar-refractivity contribution in [3.05, 3.63) is 12.4 Å². The molecule has 1 rings (SSSR count). The van der Waals surface area contributed by atoms with E-state index >= 15 is 0 Å². The Morgan fingerprint density at radius 1 is 1.29 bits per heavy atom. The van der Waals surface area contributed by atoms with E-state index in [1.54, 1.807) is 12.4 Å². The van der Waals surface area contributed by atoms with Crippen molar-refractivity contribution in [1.29, 1.82) is 0 Å². The van der Waals surface area contributed by atoms with Crippen molar-refractivity contribution in [2.45, 2.75) is 32.7 Å². The molecule has 0 saturated carbocycles. The summed E-state index contributed by atoms with van der Waals surface area (Å²) in [5.41, 5.74) is 6.13. The van der Waals surface area contributed by atoms with Gasteiger partial charge in [0.2, 0.25) is 5.95 Å². The molecule has 0 amide bonds. The molecule has 0 spiro atoms. The molecule has 4 nitrogen and oxygen atoms in total. The van der Waals surface area contributed by atoms with E-state index in [1.807, 2.05) is 7.05 Å². The number of anilines is 2. The normalized spacial score (nSPS) is 10.6. The smallest absolute Gasteiger partial charge is 0.225 e. The van der Waals surface area contributed by atoms with Gasteiger partial charge < -0.3 is 10.6 Å². The lowest BCUT2D eigenvalue weighted by molar-refractivity contribution is 0.581. The van der Waals surface area contributed by atoms with Gasteiger partial charge in [0.1, 0.15) is 0 Å². The van der Waals surface area contributed by atoms with Crippen LogP contribution in [0.4, 0.5) is 11.6 Å². The van der Waals surface area contributed by atoms with Gasteiger partial charge in [-0.3, -0.25) is 0 Å². The minimum atomic E-state index is 0.499. The Hall–Kier alpha value is -1.32. The highest BCUT2D eigenvalue weighted by Crippen LogP contribution is 2.13. The quantitative estimate of drug-likeness (QED) is 0.792. The molecule has 1 aromatic rings. The molecular weight excluding hydrogens is 176 g/mol. The highest BCUT2D eigenvalue weighted by Gasteiger charge is 2.12. The number of rotatable bonds is 4. The van der Waals surface area contributed by atoms with Crippen molar-refractivity contribution in [3.63, 3.8) is 0 Å². The molecule has 0 aliphatic rings. The van der Waals surface area contributed by atoms with Gasteiger partial charge in [0.25, 0.3) is 0 Å². The number of aromatic nitrogens is 2. The number of hydrogen-bond acceptors (Lipinski definition) is 4. The first-order valence-electron chi connectivity index (χ1n) is 4.99. The number of nitrogen functional groups attached to an aromatic ring is 1. The minimum Gasteiger partial charge on any atom is -0.396 e. The van der Waals surface area contributed by atoms with Crippen LogP contribution in [0.5, 0.6) is 0 Å². The van der Waals surface area contributed by atoms with Crippen LogP contribution in [0.1, 0.15) is 26.7 Å². The van der Waals surface area contributed by atoms with Gasteiger partial charge in [0.15, 0.2) is 0 Å². The molecule has 0 unspecified atom stereocenters. The topological polar surface area (TPSA) is 55.0 Å². The fourth-order valence-electron chi connectivity index (χ4n) is 1.51. The van der Waals surface area contributed by atoms with Gasteiger partial charge in [0.05, 0.1) is 18.1 Å². The first-order chi connectivity index (χ1) is 6.69. The van der Waals surface area contributed by atoms with Crippen molar-refractivity contribution in [1.82, 2.24) is 9.97 Å². The van der Waals surface area contributed by atoms with Crippen molar-refractivity contribution in [2.75, 3.05) is 17.7 Å². The summed E-state index contributed by atoms with van der Waals surface area (Å²) in [6, 6.07) is 0.499. The van der Waals surface area contributed by atoms with Crippen molar-refractivity contribution in [3.8, 4) is 0 Å². The van der Waals surface area contributed by atoms with E-state index in [1.165, 1.54) is 0 Å². The minimum absolute atomic E-state index is 0.499. The molecule has 0 aliphatic carbocycles. The zero-order valence-electron chi connectivity index (χ0n) is 9.07. The van der Waals surface area contributed by atoms with Crippen LogP contribution in [-0.4, -0.2) is 23.1 Å². The number of nitrogens with zero attached hydrogens (tertiary/aromatic N) is 3. The third kappa shape index (κ3) is 2.34. The molecule has 0 aliphatic heterocycles. The largest absolute Gasteiger partial charge is 0.396 e. The van der Waals surface area contributed by atoms with E-state index in [2.05, 4.69) is 28.7 Å². The number of nitrogens with two attached hydrogens (primary N) is 1. The lowest BCUT2D eigenvalue weighted by Gasteiger charge is -2.25. The van der Waals surface area contributed by atoms with E-state index in [4.69, 9.17) is 5.73 Å². The Bertz CT molecular complexity index is 266. The van der Waals surface area contributed by atoms with Crippen LogP contribution in [0, 0.1) is 0 Å². The van der Waals surface area contributed by atoms with Crippen LogP contribution >= 0.6 is 0 Å². The Kier molecular flexibility index (Phi) is 3.68. The molecule has 2 N–H and O–H groups in total. The average Bonchev–Trinajstić information content (AvgIpc) is 2.20. The third-order valence-electron chi connectivity index (χ3n) is 2.46. The fourth-order valence-corrected chi connectivity index (χ4v) is 1.51. The molecule has 0 aromatic carbocycles. The Morgan fingerprint density at radius 2 is 1.79 bits per heavy atom. The molecule has 4 heteroatoms. The predicted molar refractivity (Wildman–Crippen MR) is 59.2 cm³/mol. The summed E-state index contributed by atoms with van der Waals surface area (Å²) in [7, 11) is 2.02. The van der Waals surface area contributed by atoms with E-state index in [-0.39, 0.29) is 0 Å². The van der Waals surface area contributed by atoms with Gasteiger partial charge in [0, 0.05) is 13.1 Å². The first-order valence-corrected chi connectivity index (χ1v) is 4.99. The summed E-state index contributed by atoms with van der Waals surface area (Å²) in [5.74, 6) is 0.743. The van der Waals surface area contributed by atoms with Gasteiger partial charge in [-0.25, -0.2) is 9.97 Å². The van der Waals surface area contributed by atoms with Crippen LogP contribution in [-0.2, 0) is 0 Å². The monoisotopic (exact) mass is 194 g/mol. The molecule has 1 heterocycles. The lowest BCUT2D eigenvalue weighted by Crippen LogP contribution is -2.31. The summed E-state index contributed by atoms with van der Waals surface area (Å²) in [6.45, 7) is 4.34. The highest BCUT2D eigenvalue weighted by molar-refractivity contribution is 5.37. The Balaban J connectivity index is 2.77. The van der Waals surface area contributed by atoms with Crippen LogP contribution < -0.4 is 10.6 Å². The third-order valence-corrected chi connectivity index (χ3v) is 2.46. The standard InChI is InChI=1S/C10H18N4/c1-4-9(5-2)14(3)10-12-6-8(11)7-13-10/h6-7,9H,4-5,11H2,1-3H3. The van der Waals surface area contributed by atoms with Gasteiger partial charge in [-0.15, -0.1) is 0 Å². The van der Waals surface area contributed by atoms with E-state index in [9.17, 15) is 0 Å². The SMILES string of the molecule is CCC(CC)N(C)c1ncc(N)cn1. The van der Waals surface area contributed by atoms with Gasteiger partial charge in [-0.1, -0.05) is 13.8 Å². The Labute approximate surface area is 85.2 Å². The first kappa shape index (κ1) is 10.8. The summed E-state index contributed by atoms with van der Waals surface area (Å²) >= 11 is 0. The zero-order chi connectivity index (χ0) is 10.6. The van der Waals surface area contributed by atoms with Crippen molar-refractivity contribution < 1.29 is 0 Å². The second-order valence-corrected chi connectivity index (χ2v) is 3.40. The predicted octanol–water partition coefficient (Wildman–Crippen LogP) is 1.68. The summed E-state index contributed by atoms with van der Waals surface area (Å²) in [5, 5.41) is 0. The van der Waals surface area contributed by atoms with E-state index < -0.39 is 0 Å². The van der Waals surface area contributed by atoms with Gasteiger partial charge in [-0.2, -0.15) is 0 Å². The maximum Gasteiger partial charge on any atom is 0.225 e. The fraction of sp³-hybridized carbons (Fsp3) is 0.600. The zero-order valence-corrected chi connectivity index (χ0v) is 9.07. The molecule has 0 atom stereocenters. The molecular formula is C10H18N4. The lowest BCUT2D eigenvalue weighted by atomic mass is 10.1. The molecule has 0 bridgehead atoms. The molecule has 14 heavy (non-hydrogen) atoms. The van der Waals surface area contributed by atoms with Crippen molar-refractivity contribution in [2.24, 2.45) is 0 Å². The van der Waals surface area contributed by atoms with Crippen LogP contribution in [0.2, 0.25) is 0 Å². The molecule has 1 aromatic heterocycles. The summed E-state index contributed by atoms with van der Waals surface area (Å²) < 4.78 is 0. The van der Waals surface area contributed by atoms with Crippen LogP contribution in [0.3, 0.4) is 0 Å². The van der Waals surface area contributed by atoms with Crippen LogP contribution in [0.25, 0.3) is 0 Å². The Morgan fingerprint density at radius 3 is 2.21 bits per heavy atom. The molecule has 0 fully saturated rings.